The number of ether oxygens (including phenoxy) is 2. The highest BCUT2D eigenvalue weighted by molar-refractivity contribution is 5.72. The summed E-state index contributed by atoms with van der Waals surface area (Å²) < 4.78 is 10.5. The van der Waals surface area contributed by atoms with Crippen LogP contribution in [-0.4, -0.2) is 18.5 Å². The van der Waals surface area contributed by atoms with E-state index in [0.717, 1.165) is 51.4 Å². The Balaban J connectivity index is 1.87. The van der Waals surface area contributed by atoms with E-state index < -0.39 is 0 Å². The molecule has 0 spiro atoms. The van der Waals surface area contributed by atoms with Crippen molar-refractivity contribution in [2.24, 2.45) is 0 Å². The number of para-hydroxylation sites is 1. The molecule has 0 aromatic heterocycles. The van der Waals surface area contributed by atoms with Crippen molar-refractivity contribution in [1.29, 1.82) is 0 Å². The Labute approximate surface area is 158 Å². The first kappa shape index (κ1) is 22.2. The number of hydrogen-bond acceptors (Lipinski definition) is 4. The number of carbonyl (C=O) groups is 2. The molecule has 0 saturated heterocycles. The maximum Gasteiger partial charge on any atom is 0.311 e. The van der Waals surface area contributed by atoms with Gasteiger partial charge >= 0.3 is 11.9 Å². The van der Waals surface area contributed by atoms with Gasteiger partial charge in [-0.1, -0.05) is 70.1 Å². The number of hydrogen-bond donors (Lipinski definition) is 0. The second-order valence-corrected chi connectivity index (χ2v) is 6.69. The molecule has 0 radical (unpaired) electrons. The first-order valence-corrected chi connectivity index (χ1v) is 10.1. The smallest absolute Gasteiger partial charge is 0.311 e. The third-order valence-corrected chi connectivity index (χ3v) is 4.25. The lowest BCUT2D eigenvalue weighted by atomic mass is 10.1. The number of benzene rings is 1. The lowest BCUT2D eigenvalue weighted by Crippen LogP contribution is -2.07. The molecule has 0 aliphatic rings. The average molecular weight is 363 g/mol. The van der Waals surface area contributed by atoms with Crippen molar-refractivity contribution in [1.82, 2.24) is 0 Å². The first-order chi connectivity index (χ1) is 12.7. The van der Waals surface area contributed by atoms with Crippen molar-refractivity contribution >= 4 is 11.9 Å². The fraction of sp³-hybridized carbons (Fsp3) is 0.636. The Morgan fingerprint density at radius 2 is 1.31 bits per heavy atom. The van der Waals surface area contributed by atoms with Crippen molar-refractivity contribution in [3.05, 3.63) is 30.3 Å². The minimum absolute atomic E-state index is 0.0647. The van der Waals surface area contributed by atoms with E-state index in [0.29, 0.717) is 25.2 Å². The third-order valence-electron chi connectivity index (χ3n) is 4.25. The van der Waals surface area contributed by atoms with Crippen LogP contribution in [0.15, 0.2) is 30.3 Å². The molecular formula is C22H34O4. The normalized spacial score (nSPS) is 10.5. The largest absolute Gasteiger partial charge is 0.466 e. The van der Waals surface area contributed by atoms with Gasteiger partial charge in [-0.2, -0.15) is 0 Å². The Hall–Kier alpha value is -1.84. The topological polar surface area (TPSA) is 52.6 Å². The quantitative estimate of drug-likeness (QED) is 0.223. The fourth-order valence-corrected chi connectivity index (χ4v) is 2.70. The summed E-state index contributed by atoms with van der Waals surface area (Å²) in [6.45, 7) is 2.74. The van der Waals surface area contributed by atoms with Crippen LogP contribution in [0, 0.1) is 0 Å². The van der Waals surface area contributed by atoms with Crippen LogP contribution in [0.5, 0.6) is 5.75 Å². The summed E-state index contributed by atoms with van der Waals surface area (Å²) in [5.74, 6) is 0.373. The number of carbonyl (C=O) groups excluding carboxylic acids is 2. The van der Waals surface area contributed by atoms with Gasteiger partial charge in [0, 0.05) is 12.8 Å². The van der Waals surface area contributed by atoms with E-state index in [-0.39, 0.29) is 11.9 Å². The van der Waals surface area contributed by atoms with E-state index >= 15 is 0 Å². The van der Waals surface area contributed by atoms with E-state index in [9.17, 15) is 9.59 Å². The minimum atomic E-state index is -0.169. The van der Waals surface area contributed by atoms with Gasteiger partial charge < -0.3 is 9.47 Å². The number of unbranched alkanes of at least 4 members (excludes halogenated alkanes) is 8. The molecule has 0 atom stereocenters. The van der Waals surface area contributed by atoms with Gasteiger partial charge in [-0.15, -0.1) is 0 Å². The number of esters is 2. The van der Waals surface area contributed by atoms with Crippen LogP contribution in [0.3, 0.4) is 0 Å². The summed E-state index contributed by atoms with van der Waals surface area (Å²) >= 11 is 0. The summed E-state index contributed by atoms with van der Waals surface area (Å²) in [6.07, 6.45) is 11.5. The van der Waals surface area contributed by atoms with Gasteiger partial charge in [0.2, 0.25) is 0 Å². The molecule has 0 aliphatic carbocycles. The first-order valence-electron chi connectivity index (χ1n) is 10.1. The summed E-state index contributed by atoms with van der Waals surface area (Å²) in [7, 11) is 0. The molecule has 1 aromatic rings. The lowest BCUT2D eigenvalue weighted by molar-refractivity contribution is -0.144. The molecule has 0 unspecified atom stereocenters. The van der Waals surface area contributed by atoms with E-state index in [4.69, 9.17) is 9.47 Å². The van der Waals surface area contributed by atoms with Crippen LogP contribution in [0.2, 0.25) is 0 Å². The maximum absolute atomic E-state index is 11.7. The highest BCUT2D eigenvalue weighted by Crippen LogP contribution is 2.12. The number of rotatable bonds is 15. The molecular weight excluding hydrogens is 328 g/mol. The lowest BCUT2D eigenvalue weighted by Gasteiger charge is -2.05. The van der Waals surface area contributed by atoms with Crippen LogP contribution < -0.4 is 4.74 Å². The maximum atomic E-state index is 11.7. The van der Waals surface area contributed by atoms with Gasteiger partial charge in [-0.25, -0.2) is 0 Å². The highest BCUT2D eigenvalue weighted by Gasteiger charge is 2.05. The third kappa shape index (κ3) is 12.5. The molecule has 0 fully saturated rings. The second kappa shape index (κ2) is 15.4. The Morgan fingerprint density at radius 3 is 1.96 bits per heavy atom. The van der Waals surface area contributed by atoms with E-state index in [1.165, 1.54) is 12.8 Å². The van der Waals surface area contributed by atoms with Crippen molar-refractivity contribution in [2.75, 3.05) is 6.61 Å². The van der Waals surface area contributed by atoms with Gasteiger partial charge in [0.15, 0.2) is 0 Å². The Bertz CT molecular complexity index is 484. The summed E-state index contributed by atoms with van der Waals surface area (Å²) in [5, 5.41) is 0. The van der Waals surface area contributed by atoms with Crippen molar-refractivity contribution in [2.45, 2.75) is 84.0 Å². The van der Waals surface area contributed by atoms with E-state index in [1.807, 2.05) is 18.2 Å². The van der Waals surface area contributed by atoms with Crippen molar-refractivity contribution in [3.63, 3.8) is 0 Å². The molecule has 4 nitrogen and oxygen atoms in total. The molecule has 0 amide bonds. The minimum Gasteiger partial charge on any atom is -0.466 e. The van der Waals surface area contributed by atoms with Crippen LogP contribution in [0.25, 0.3) is 0 Å². The Morgan fingerprint density at radius 1 is 0.731 bits per heavy atom. The van der Waals surface area contributed by atoms with Crippen LogP contribution in [0.1, 0.15) is 84.0 Å². The molecule has 4 heteroatoms. The van der Waals surface area contributed by atoms with Gasteiger partial charge in [-0.3, -0.25) is 9.59 Å². The molecule has 0 heterocycles. The van der Waals surface area contributed by atoms with Crippen molar-refractivity contribution < 1.29 is 19.1 Å². The zero-order chi connectivity index (χ0) is 18.9. The molecule has 26 heavy (non-hydrogen) atoms. The van der Waals surface area contributed by atoms with Gasteiger partial charge in [0.1, 0.15) is 5.75 Å². The van der Waals surface area contributed by atoms with Crippen LogP contribution in [0.4, 0.5) is 0 Å². The molecule has 0 N–H and O–H groups in total. The zero-order valence-corrected chi connectivity index (χ0v) is 16.2. The summed E-state index contributed by atoms with van der Waals surface area (Å²) in [6, 6.07) is 9.17. The van der Waals surface area contributed by atoms with Gasteiger partial charge in [0.25, 0.3) is 0 Å². The highest BCUT2D eigenvalue weighted by atomic mass is 16.5. The summed E-state index contributed by atoms with van der Waals surface area (Å²) in [4.78, 5) is 23.3. The van der Waals surface area contributed by atoms with Crippen LogP contribution >= 0.6 is 0 Å². The van der Waals surface area contributed by atoms with E-state index in [2.05, 4.69) is 6.92 Å². The van der Waals surface area contributed by atoms with Crippen molar-refractivity contribution in [3.8, 4) is 5.75 Å². The molecule has 0 aliphatic heterocycles. The van der Waals surface area contributed by atoms with Crippen LogP contribution in [-0.2, 0) is 14.3 Å². The molecule has 0 saturated carbocycles. The predicted molar refractivity (Wildman–Crippen MR) is 104 cm³/mol. The SMILES string of the molecule is CCCCCCOC(=O)CCCCCCCCC(=O)Oc1ccccc1. The van der Waals surface area contributed by atoms with Gasteiger partial charge in [0.05, 0.1) is 6.61 Å². The standard InChI is InChI=1S/C22H34O4/c1-2-3-4-14-19-25-21(23)17-12-7-5-6-8-13-18-22(24)26-20-15-10-9-11-16-20/h9-11,15-16H,2-8,12-14,17-19H2,1H3. The molecule has 0 bridgehead atoms. The van der Waals surface area contributed by atoms with E-state index in [1.54, 1.807) is 12.1 Å². The average Bonchev–Trinajstić information content (AvgIpc) is 2.64. The molecule has 1 rings (SSSR count). The Kier molecular flexibility index (Phi) is 13.2. The fourth-order valence-electron chi connectivity index (χ4n) is 2.70. The zero-order valence-electron chi connectivity index (χ0n) is 16.2. The summed E-state index contributed by atoms with van der Waals surface area (Å²) in [5.41, 5.74) is 0. The predicted octanol–water partition coefficient (Wildman–Crippen LogP) is 5.84. The second-order valence-electron chi connectivity index (χ2n) is 6.69. The molecule has 1 aromatic carbocycles. The monoisotopic (exact) mass is 362 g/mol. The van der Waals surface area contributed by atoms with Gasteiger partial charge in [-0.05, 0) is 31.4 Å². The molecule has 146 valence electrons.